The Morgan fingerprint density at radius 2 is 1.59 bits per heavy atom. The van der Waals surface area contributed by atoms with Crippen molar-refractivity contribution in [2.45, 2.75) is 42.9 Å². The zero-order chi connectivity index (χ0) is 20.6. The summed E-state index contributed by atoms with van der Waals surface area (Å²) in [6, 6.07) is 5.02. The van der Waals surface area contributed by atoms with E-state index in [1.165, 1.54) is 35.1 Å². The number of carbonyl (C=O) groups is 1. The molecule has 0 atom stereocenters. The zero-order valence-corrected chi connectivity index (χ0v) is 17.3. The van der Waals surface area contributed by atoms with E-state index in [-0.39, 0.29) is 15.5 Å². The molecule has 2 rings (SSSR count). The maximum atomic E-state index is 12.8. The molecular formula is C16H22N4O5S2. The van der Waals surface area contributed by atoms with Gasteiger partial charge in [0, 0.05) is 31.3 Å². The van der Waals surface area contributed by atoms with Gasteiger partial charge in [-0.2, -0.15) is 5.10 Å². The first-order valence-corrected chi connectivity index (χ1v) is 10.9. The van der Waals surface area contributed by atoms with Crippen LogP contribution in [0.5, 0.6) is 0 Å². The molecule has 1 aromatic carbocycles. The lowest BCUT2D eigenvalue weighted by atomic mass is 9.92. The van der Waals surface area contributed by atoms with Gasteiger partial charge in [-0.25, -0.2) is 21.6 Å². The Labute approximate surface area is 158 Å². The maximum Gasteiger partial charge on any atom is 0.265 e. The van der Waals surface area contributed by atoms with Crippen molar-refractivity contribution in [3.63, 3.8) is 0 Å². The summed E-state index contributed by atoms with van der Waals surface area (Å²) in [7, 11) is -6.28. The van der Waals surface area contributed by atoms with Crippen LogP contribution in [-0.2, 0) is 37.3 Å². The van der Waals surface area contributed by atoms with E-state index in [0.717, 1.165) is 6.92 Å². The lowest BCUT2D eigenvalue weighted by molar-refractivity contribution is -0.117. The van der Waals surface area contributed by atoms with Crippen LogP contribution in [0.15, 0.2) is 40.3 Å². The quantitative estimate of drug-likeness (QED) is 0.760. The molecule has 0 aliphatic heterocycles. The summed E-state index contributed by atoms with van der Waals surface area (Å²) < 4.78 is 55.1. The van der Waals surface area contributed by atoms with Gasteiger partial charge in [-0.1, -0.05) is 20.8 Å². The molecule has 0 radical (unpaired) electrons. The number of nitrogens with zero attached hydrogens (tertiary/aromatic N) is 2. The maximum absolute atomic E-state index is 12.8. The molecule has 0 spiro atoms. The Morgan fingerprint density at radius 1 is 1.04 bits per heavy atom. The molecule has 0 saturated heterocycles. The Morgan fingerprint density at radius 3 is 2.07 bits per heavy atom. The number of benzene rings is 1. The van der Waals surface area contributed by atoms with E-state index in [1.54, 1.807) is 7.05 Å². The van der Waals surface area contributed by atoms with Gasteiger partial charge in [0.25, 0.3) is 20.0 Å². The number of aryl methyl sites for hydroxylation is 1. The lowest BCUT2D eigenvalue weighted by Crippen LogP contribution is -2.28. The van der Waals surface area contributed by atoms with Crippen LogP contribution in [-0.4, -0.2) is 32.5 Å². The number of rotatable bonds is 5. The summed E-state index contributed by atoms with van der Waals surface area (Å²) in [5.41, 5.74) is 0.115. The van der Waals surface area contributed by atoms with Crippen LogP contribution in [0.1, 0.15) is 33.4 Å². The van der Waals surface area contributed by atoms with Crippen molar-refractivity contribution >= 4 is 31.6 Å². The molecular weight excluding hydrogens is 392 g/mol. The zero-order valence-electron chi connectivity index (χ0n) is 15.6. The molecule has 0 aliphatic rings. The normalized spacial score (nSPS) is 12.6. The van der Waals surface area contributed by atoms with Gasteiger partial charge in [0.15, 0.2) is 0 Å². The van der Waals surface area contributed by atoms with Crippen LogP contribution in [0.2, 0.25) is 0 Å². The van der Waals surface area contributed by atoms with Crippen LogP contribution in [0, 0.1) is 0 Å². The average molecular weight is 415 g/mol. The van der Waals surface area contributed by atoms with Crippen molar-refractivity contribution < 1.29 is 21.6 Å². The largest absolute Gasteiger partial charge is 0.280 e. The number of anilines is 1. The summed E-state index contributed by atoms with van der Waals surface area (Å²) >= 11 is 0. The monoisotopic (exact) mass is 414 g/mol. The van der Waals surface area contributed by atoms with Gasteiger partial charge < -0.3 is 0 Å². The average Bonchev–Trinajstić information content (AvgIpc) is 2.89. The van der Waals surface area contributed by atoms with Crippen molar-refractivity contribution in [1.82, 2.24) is 14.5 Å². The molecule has 0 bridgehead atoms. The molecule has 1 heterocycles. The van der Waals surface area contributed by atoms with Gasteiger partial charge in [0.2, 0.25) is 5.91 Å². The fourth-order valence-corrected chi connectivity index (χ4v) is 4.78. The van der Waals surface area contributed by atoms with Crippen molar-refractivity contribution in [2.75, 3.05) is 4.72 Å². The highest BCUT2D eigenvalue weighted by Gasteiger charge is 2.29. The van der Waals surface area contributed by atoms with Gasteiger partial charge in [-0.05, 0) is 24.3 Å². The van der Waals surface area contributed by atoms with E-state index < -0.39 is 31.4 Å². The van der Waals surface area contributed by atoms with Crippen LogP contribution < -0.4 is 9.44 Å². The van der Waals surface area contributed by atoms with Crippen LogP contribution >= 0.6 is 0 Å². The smallest absolute Gasteiger partial charge is 0.265 e. The summed E-state index contributed by atoms with van der Waals surface area (Å²) in [5, 5.41) is 4.24. The van der Waals surface area contributed by atoms with E-state index in [2.05, 4.69) is 9.82 Å². The van der Waals surface area contributed by atoms with Crippen LogP contribution in [0.25, 0.3) is 0 Å². The van der Waals surface area contributed by atoms with Gasteiger partial charge in [0.05, 0.1) is 10.6 Å². The summed E-state index contributed by atoms with van der Waals surface area (Å²) in [4.78, 5) is 10.9. The Hall–Kier alpha value is -2.40. The highest BCUT2D eigenvalue weighted by molar-refractivity contribution is 7.92. The fraction of sp³-hybridized carbons (Fsp3) is 0.375. The molecule has 2 aromatic rings. The highest BCUT2D eigenvalue weighted by atomic mass is 32.2. The predicted octanol–water partition coefficient (Wildman–Crippen LogP) is 1.34. The molecule has 2 N–H and O–H groups in total. The molecule has 0 saturated carbocycles. The summed E-state index contributed by atoms with van der Waals surface area (Å²) in [5.74, 6) is -0.717. The fourth-order valence-electron chi connectivity index (χ4n) is 2.34. The van der Waals surface area contributed by atoms with Gasteiger partial charge in [0.1, 0.15) is 4.90 Å². The number of sulfonamides is 2. The summed E-state index contributed by atoms with van der Waals surface area (Å²) in [6.45, 7) is 6.66. The molecule has 148 valence electrons. The van der Waals surface area contributed by atoms with Gasteiger partial charge >= 0.3 is 0 Å². The Balaban J connectivity index is 2.34. The number of hydrogen-bond donors (Lipinski definition) is 2. The minimum atomic E-state index is -3.98. The third-order valence-electron chi connectivity index (χ3n) is 3.49. The molecule has 0 fully saturated rings. The number of hydrogen-bond acceptors (Lipinski definition) is 6. The molecule has 11 heteroatoms. The van der Waals surface area contributed by atoms with Crippen molar-refractivity contribution in [1.29, 1.82) is 0 Å². The predicted molar refractivity (Wildman–Crippen MR) is 100 cm³/mol. The second-order valence-electron chi connectivity index (χ2n) is 7.06. The Bertz CT molecular complexity index is 1060. The first kappa shape index (κ1) is 20.9. The molecule has 1 aromatic heterocycles. The molecule has 1 amide bonds. The second-order valence-corrected chi connectivity index (χ2v) is 10.4. The molecule has 9 nitrogen and oxygen atoms in total. The van der Waals surface area contributed by atoms with E-state index in [1.807, 2.05) is 25.5 Å². The molecule has 0 unspecified atom stereocenters. The van der Waals surface area contributed by atoms with Crippen LogP contribution in [0.4, 0.5) is 5.69 Å². The highest BCUT2D eigenvalue weighted by Crippen LogP contribution is 2.28. The van der Waals surface area contributed by atoms with Gasteiger partial charge in [-0.15, -0.1) is 0 Å². The second kappa shape index (κ2) is 6.97. The van der Waals surface area contributed by atoms with Crippen molar-refractivity contribution in [3.8, 4) is 0 Å². The lowest BCUT2D eigenvalue weighted by Gasteiger charge is -2.17. The standard InChI is InChI=1S/C16H22N4O5S2/c1-11(21)18-26(22,23)13-8-6-12(7-9-13)19-27(24,25)14-10-20(5)17-15(14)16(2,3)4/h6-10,19H,1-5H3,(H,18,21). The van der Waals surface area contributed by atoms with E-state index in [0.29, 0.717) is 5.69 Å². The summed E-state index contributed by atoms with van der Waals surface area (Å²) in [6.07, 6.45) is 1.42. The van der Waals surface area contributed by atoms with Crippen molar-refractivity contribution in [3.05, 3.63) is 36.2 Å². The van der Waals surface area contributed by atoms with Gasteiger partial charge in [-0.3, -0.25) is 14.2 Å². The third kappa shape index (κ3) is 4.86. The van der Waals surface area contributed by atoms with Crippen molar-refractivity contribution in [2.24, 2.45) is 7.05 Å². The Kier molecular flexibility index (Phi) is 5.39. The van der Waals surface area contributed by atoms with Crippen LogP contribution in [0.3, 0.4) is 0 Å². The SMILES string of the molecule is CC(=O)NS(=O)(=O)c1ccc(NS(=O)(=O)c2cn(C)nc2C(C)(C)C)cc1. The minimum absolute atomic E-state index is 0.0486. The number of carbonyl (C=O) groups excluding carboxylic acids is 1. The van der Waals surface area contributed by atoms with E-state index >= 15 is 0 Å². The molecule has 0 aliphatic carbocycles. The number of amides is 1. The third-order valence-corrected chi connectivity index (χ3v) is 6.32. The number of aromatic nitrogens is 2. The van der Waals surface area contributed by atoms with E-state index in [4.69, 9.17) is 0 Å². The number of nitrogens with one attached hydrogen (secondary N) is 2. The molecule has 27 heavy (non-hydrogen) atoms. The topological polar surface area (TPSA) is 127 Å². The first-order chi connectivity index (χ1) is 12.2. The first-order valence-electron chi connectivity index (χ1n) is 7.93. The minimum Gasteiger partial charge on any atom is -0.280 e. The van der Waals surface area contributed by atoms with E-state index in [9.17, 15) is 21.6 Å².